The van der Waals surface area contributed by atoms with E-state index in [4.69, 9.17) is 4.74 Å². The summed E-state index contributed by atoms with van der Waals surface area (Å²) in [5.74, 6) is 0.580. The molecule has 2 aromatic heterocycles. The van der Waals surface area contributed by atoms with Crippen molar-refractivity contribution in [3.63, 3.8) is 0 Å². The number of fused-ring (bicyclic) bond motifs is 3. The SMILES string of the molecule is COc1ccc2c(c1)c1c(cnn1C(C)C(=O)NCCN(C)C1CCCCC1)c(=O)n2C. The fourth-order valence-electron chi connectivity index (χ4n) is 4.81. The Bertz CT molecular complexity index is 1180. The zero-order chi connectivity index (χ0) is 22.8. The summed E-state index contributed by atoms with van der Waals surface area (Å²) in [5.41, 5.74) is 1.29. The molecular formula is C24H33N5O3. The molecule has 0 saturated heterocycles. The second-order valence-electron chi connectivity index (χ2n) is 8.84. The van der Waals surface area contributed by atoms with Crippen LogP contribution in [0.3, 0.4) is 0 Å². The maximum Gasteiger partial charge on any atom is 0.261 e. The van der Waals surface area contributed by atoms with Gasteiger partial charge in [0, 0.05) is 31.6 Å². The topological polar surface area (TPSA) is 81.4 Å². The molecule has 0 bridgehead atoms. The van der Waals surface area contributed by atoms with Crippen LogP contribution < -0.4 is 15.6 Å². The number of hydrogen-bond donors (Lipinski definition) is 1. The highest BCUT2D eigenvalue weighted by molar-refractivity contribution is 6.04. The van der Waals surface area contributed by atoms with Crippen LogP contribution in [0, 0.1) is 0 Å². The van der Waals surface area contributed by atoms with Crippen molar-refractivity contribution in [2.45, 2.75) is 51.1 Å². The van der Waals surface area contributed by atoms with Crippen molar-refractivity contribution in [2.24, 2.45) is 7.05 Å². The van der Waals surface area contributed by atoms with E-state index in [1.54, 1.807) is 29.6 Å². The van der Waals surface area contributed by atoms with Gasteiger partial charge in [0.1, 0.15) is 11.8 Å². The molecule has 0 spiro atoms. The average Bonchev–Trinajstić information content (AvgIpc) is 3.27. The van der Waals surface area contributed by atoms with Crippen molar-refractivity contribution >= 4 is 27.7 Å². The van der Waals surface area contributed by atoms with Crippen LogP contribution in [0.5, 0.6) is 5.75 Å². The van der Waals surface area contributed by atoms with Gasteiger partial charge in [0.15, 0.2) is 0 Å². The van der Waals surface area contributed by atoms with E-state index in [0.29, 0.717) is 29.2 Å². The van der Waals surface area contributed by atoms with Crippen LogP contribution in [0.2, 0.25) is 0 Å². The molecule has 1 amide bonds. The Balaban J connectivity index is 1.56. The van der Waals surface area contributed by atoms with Crippen molar-refractivity contribution in [3.8, 4) is 5.75 Å². The normalized spacial score (nSPS) is 16.0. The second kappa shape index (κ2) is 9.32. The maximum atomic E-state index is 13.0. The second-order valence-corrected chi connectivity index (χ2v) is 8.84. The average molecular weight is 440 g/mol. The third-order valence-corrected chi connectivity index (χ3v) is 6.86. The van der Waals surface area contributed by atoms with Gasteiger partial charge in [0.2, 0.25) is 5.91 Å². The summed E-state index contributed by atoms with van der Waals surface area (Å²) in [5, 5.41) is 8.80. The van der Waals surface area contributed by atoms with Gasteiger partial charge in [-0.15, -0.1) is 0 Å². The molecule has 0 aliphatic heterocycles. The van der Waals surface area contributed by atoms with Gasteiger partial charge in [-0.3, -0.25) is 14.3 Å². The number of carbonyl (C=O) groups is 1. The predicted octanol–water partition coefficient (Wildman–Crippen LogP) is 2.84. The molecule has 172 valence electrons. The number of nitrogens with one attached hydrogen (secondary N) is 1. The van der Waals surface area contributed by atoms with E-state index < -0.39 is 6.04 Å². The van der Waals surface area contributed by atoms with Crippen molar-refractivity contribution in [1.29, 1.82) is 0 Å². The number of aromatic nitrogens is 3. The summed E-state index contributed by atoms with van der Waals surface area (Å²) in [6.07, 6.45) is 7.96. The van der Waals surface area contributed by atoms with Gasteiger partial charge in [-0.1, -0.05) is 19.3 Å². The fourth-order valence-corrected chi connectivity index (χ4v) is 4.81. The van der Waals surface area contributed by atoms with Crippen LogP contribution in [0.1, 0.15) is 45.1 Å². The smallest absolute Gasteiger partial charge is 0.261 e. The number of nitrogens with zero attached hydrogens (tertiary/aromatic N) is 4. The number of benzene rings is 1. The molecule has 3 aromatic rings. The Hall–Kier alpha value is -2.87. The summed E-state index contributed by atoms with van der Waals surface area (Å²) >= 11 is 0. The quantitative estimate of drug-likeness (QED) is 0.612. The molecule has 1 aliphatic carbocycles. The monoisotopic (exact) mass is 439 g/mol. The summed E-state index contributed by atoms with van der Waals surface area (Å²) < 4.78 is 8.65. The first-order valence-electron chi connectivity index (χ1n) is 11.4. The Morgan fingerprint density at radius 2 is 2.03 bits per heavy atom. The van der Waals surface area contributed by atoms with Crippen LogP contribution in [0.4, 0.5) is 0 Å². The summed E-state index contributed by atoms with van der Waals surface area (Å²) in [6, 6.07) is 5.64. The number of hydrogen-bond acceptors (Lipinski definition) is 5. The number of methoxy groups -OCH3 is 1. The van der Waals surface area contributed by atoms with Gasteiger partial charge >= 0.3 is 0 Å². The zero-order valence-corrected chi connectivity index (χ0v) is 19.4. The van der Waals surface area contributed by atoms with E-state index in [-0.39, 0.29) is 11.5 Å². The van der Waals surface area contributed by atoms with Crippen LogP contribution in [-0.2, 0) is 11.8 Å². The molecule has 2 heterocycles. The highest BCUT2D eigenvalue weighted by Gasteiger charge is 2.22. The van der Waals surface area contributed by atoms with Crippen molar-refractivity contribution in [1.82, 2.24) is 24.6 Å². The molecule has 1 atom stereocenters. The number of rotatable bonds is 7. The van der Waals surface area contributed by atoms with Crippen LogP contribution in [0.15, 0.2) is 29.2 Å². The standard InChI is InChI=1S/C24H33N5O3/c1-16(23(30)25-12-13-27(2)17-8-6-5-7-9-17)29-22-19-14-18(32-4)10-11-21(19)28(3)24(31)20(22)15-26-29/h10-11,14-17H,5-9,12-13H2,1-4H3,(H,25,30). The Labute approximate surface area is 188 Å². The van der Waals surface area contributed by atoms with E-state index in [2.05, 4.69) is 22.4 Å². The number of pyridine rings is 1. The molecule has 4 rings (SSSR count). The lowest BCUT2D eigenvalue weighted by Gasteiger charge is -2.31. The molecule has 32 heavy (non-hydrogen) atoms. The minimum absolute atomic E-state index is 0.108. The van der Waals surface area contributed by atoms with E-state index in [9.17, 15) is 9.59 Å². The summed E-state index contributed by atoms with van der Waals surface area (Å²) in [4.78, 5) is 28.2. The molecule has 1 aromatic carbocycles. The number of ether oxygens (including phenoxy) is 1. The van der Waals surface area contributed by atoms with Crippen LogP contribution in [0.25, 0.3) is 21.8 Å². The van der Waals surface area contributed by atoms with E-state index >= 15 is 0 Å². The zero-order valence-electron chi connectivity index (χ0n) is 19.4. The third-order valence-electron chi connectivity index (χ3n) is 6.86. The lowest BCUT2D eigenvalue weighted by molar-refractivity contribution is -0.124. The van der Waals surface area contributed by atoms with Gasteiger partial charge in [-0.25, -0.2) is 0 Å². The number of carbonyl (C=O) groups excluding carboxylic acids is 1. The van der Waals surface area contributed by atoms with E-state index in [1.165, 1.54) is 32.1 Å². The highest BCUT2D eigenvalue weighted by atomic mass is 16.5. The van der Waals surface area contributed by atoms with E-state index in [0.717, 1.165) is 17.4 Å². The minimum atomic E-state index is -0.547. The van der Waals surface area contributed by atoms with Gasteiger partial charge < -0.3 is 19.5 Å². The van der Waals surface area contributed by atoms with Gasteiger partial charge in [-0.05, 0) is 45.0 Å². The molecule has 8 heteroatoms. The Morgan fingerprint density at radius 1 is 1.28 bits per heavy atom. The third kappa shape index (κ3) is 4.11. The highest BCUT2D eigenvalue weighted by Crippen LogP contribution is 2.28. The molecule has 1 fully saturated rings. The minimum Gasteiger partial charge on any atom is -0.497 e. The summed E-state index contributed by atoms with van der Waals surface area (Å²) in [6.45, 7) is 3.23. The van der Waals surface area contributed by atoms with Crippen LogP contribution >= 0.6 is 0 Å². The van der Waals surface area contributed by atoms with Crippen molar-refractivity contribution in [3.05, 3.63) is 34.7 Å². The predicted molar refractivity (Wildman–Crippen MR) is 126 cm³/mol. The molecule has 0 radical (unpaired) electrons. The van der Waals surface area contributed by atoms with Crippen molar-refractivity contribution < 1.29 is 9.53 Å². The Kier molecular flexibility index (Phi) is 6.50. The van der Waals surface area contributed by atoms with Gasteiger partial charge in [-0.2, -0.15) is 5.10 Å². The first-order valence-corrected chi connectivity index (χ1v) is 11.4. The largest absolute Gasteiger partial charge is 0.497 e. The molecule has 1 aliphatic rings. The fraction of sp³-hybridized carbons (Fsp3) is 0.542. The van der Waals surface area contributed by atoms with Crippen LogP contribution in [-0.4, -0.2) is 58.4 Å². The number of amides is 1. The lowest BCUT2D eigenvalue weighted by atomic mass is 9.94. The Morgan fingerprint density at radius 3 is 2.75 bits per heavy atom. The van der Waals surface area contributed by atoms with Crippen molar-refractivity contribution in [2.75, 3.05) is 27.2 Å². The first-order chi connectivity index (χ1) is 15.4. The molecule has 1 saturated carbocycles. The lowest BCUT2D eigenvalue weighted by Crippen LogP contribution is -2.41. The molecule has 8 nitrogen and oxygen atoms in total. The number of aryl methyl sites for hydroxylation is 1. The first kappa shape index (κ1) is 22.3. The molecule has 1 N–H and O–H groups in total. The van der Waals surface area contributed by atoms with Gasteiger partial charge in [0.25, 0.3) is 5.56 Å². The molecule has 1 unspecified atom stereocenters. The summed E-state index contributed by atoms with van der Waals surface area (Å²) in [7, 11) is 5.49. The number of likely N-dealkylation sites (N-methyl/N-ethyl adjacent to an activating group) is 1. The maximum absolute atomic E-state index is 13.0. The van der Waals surface area contributed by atoms with E-state index in [1.807, 2.05) is 25.1 Å². The molecular weight excluding hydrogens is 406 g/mol. The van der Waals surface area contributed by atoms with Gasteiger partial charge in [0.05, 0.1) is 29.7 Å².